The highest BCUT2D eigenvalue weighted by molar-refractivity contribution is 6.10. The summed E-state index contributed by atoms with van der Waals surface area (Å²) in [6.45, 7) is 6.13. The molecular formula is C33H39N3O4. The van der Waals surface area contributed by atoms with Gasteiger partial charge in [-0.05, 0) is 48.9 Å². The minimum absolute atomic E-state index is 0.00335. The SMILES string of the molecule is C[C@H]1CN([C@@H](C)CO)C(=O)c2c(c3ccccc3n2C)-c2ccccc2CO[C@@H]1CN(C)Cc1ccc(O)cc1. The van der Waals surface area contributed by atoms with E-state index < -0.39 is 0 Å². The van der Waals surface area contributed by atoms with Gasteiger partial charge in [0, 0.05) is 49.1 Å². The van der Waals surface area contributed by atoms with E-state index in [0.717, 1.165) is 33.2 Å². The first-order valence-electron chi connectivity index (χ1n) is 13.9. The van der Waals surface area contributed by atoms with Crippen LogP contribution in [0.1, 0.15) is 35.5 Å². The number of hydrogen-bond acceptors (Lipinski definition) is 5. The molecule has 5 rings (SSSR count). The van der Waals surface area contributed by atoms with Crippen LogP contribution < -0.4 is 0 Å². The van der Waals surface area contributed by atoms with Crippen molar-refractivity contribution in [3.63, 3.8) is 0 Å². The molecule has 3 atom stereocenters. The van der Waals surface area contributed by atoms with Crippen molar-refractivity contribution in [1.29, 1.82) is 0 Å². The number of carbonyl (C=O) groups excluding carboxylic acids is 1. The van der Waals surface area contributed by atoms with Gasteiger partial charge in [0.15, 0.2) is 0 Å². The van der Waals surface area contributed by atoms with Gasteiger partial charge in [-0.15, -0.1) is 0 Å². The zero-order valence-corrected chi connectivity index (χ0v) is 23.7. The molecule has 2 N–H and O–H groups in total. The van der Waals surface area contributed by atoms with Crippen LogP contribution in [0.5, 0.6) is 5.75 Å². The van der Waals surface area contributed by atoms with E-state index in [9.17, 15) is 15.0 Å². The summed E-state index contributed by atoms with van der Waals surface area (Å²) >= 11 is 0. The molecule has 7 heteroatoms. The van der Waals surface area contributed by atoms with Crippen LogP contribution in [-0.4, -0.2) is 69.4 Å². The number of amides is 1. The van der Waals surface area contributed by atoms with Crippen molar-refractivity contribution in [3.8, 4) is 16.9 Å². The van der Waals surface area contributed by atoms with E-state index >= 15 is 0 Å². The zero-order chi connectivity index (χ0) is 28.4. The number of fused-ring (bicyclic) bond motifs is 5. The van der Waals surface area contributed by atoms with Crippen molar-refractivity contribution >= 4 is 16.8 Å². The van der Waals surface area contributed by atoms with Crippen molar-refractivity contribution in [2.45, 2.75) is 39.1 Å². The molecule has 0 fully saturated rings. The monoisotopic (exact) mass is 541 g/mol. The molecule has 7 nitrogen and oxygen atoms in total. The van der Waals surface area contributed by atoms with Gasteiger partial charge in [0.1, 0.15) is 11.4 Å². The number of phenols is 1. The van der Waals surface area contributed by atoms with Crippen LogP contribution in [0.2, 0.25) is 0 Å². The van der Waals surface area contributed by atoms with Crippen molar-refractivity contribution in [1.82, 2.24) is 14.4 Å². The van der Waals surface area contributed by atoms with Crippen LogP contribution in [0.25, 0.3) is 22.0 Å². The number of ether oxygens (including phenoxy) is 1. The summed E-state index contributed by atoms with van der Waals surface area (Å²) in [5, 5.41) is 20.9. The second-order valence-electron chi connectivity index (χ2n) is 11.1. The predicted octanol–water partition coefficient (Wildman–Crippen LogP) is 5.04. The van der Waals surface area contributed by atoms with Crippen LogP contribution >= 0.6 is 0 Å². The standard InChI is InChI=1S/C33H39N3O4/c1-22-17-36(23(2)20-37)33(39)32-31(28-11-7-8-12-29(28)35(32)4)27-10-6-5-9-25(27)21-40-30(22)19-34(3)18-24-13-15-26(38)16-14-24/h5-16,22-23,30,37-38H,17-21H2,1-4H3/t22-,23-,30+/m0/s1. The second kappa shape index (κ2) is 11.8. The van der Waals surface area contributed by atoms with E-state index in [0.29, 0.717) is 31.9 Å². The van der Waals surface area contributed by atoms with E-state index in [1.807, 2.05) is 65.9 Å². The fourth-order valence-corrected chi connectivity index (χ4v) is 5.81. The summed E-state index contributed by atoms with van der Waals surface area (Å²) in [4.78, 5) is 18.5. The minimum Gasteiger partial charge on any atom is -0.508 e. The van der Waals surface area contributed by atoms with Gasteiger partial charge < -0.3 is 24.4 Å². The first-order valence-corrected chi connectivity index (χ1v) is 13.9. The van der Waals surface area contributed by atoms with Crippen molar-refractivity contribution in [3.05, 3.63) is 89.6 Å². The fraction of sp³-hybridized carbons (Fsp3) is 0.364. The molecule has 4 aromatic rings. The Balaban J connectivity index is 1.56. The number of carbonyl (C=O) groups is 1. The highest BCUT2D eigenvalue weighted by Gasteiger charge is 2.33. The van der Waals surface area contributed by atoms with E-state index in [1.165, 1.54) is 0 Å². The number of likely N-dealkylation sites (N-methyl/N-ethyl adjacent to an activating group) is 1. The second-order valence-corrected chi connectivity index (χ2v) is 11.1. The number of aromatic hydroxyl groups is 1. The van der Waals surface area contributed by atoms with E-state index in [2.05, 4.69) is 37.1 Å². The summed E-state index contributed by atoms with van der Waals surface area (Å²) in [5.74, 6) is 0.167. The van der Waals surface area contributed by atoms with Gasteiger partial charge in [-0.1, -0.05) is 61.5 Å². The predicted molar refractivity (Wildman–Crippen MR) is 158 cm³/mol. The number of aryl methyl sites for hydroxylation is 1. The van der Waals surface area contributed by atoms with Crippen LogP contribution in [0, 0.1) is 5.92 Å². The molecule has 2 heterocycles. The van der Waals surface area contributed by atoms with E-state index in [-0.39, 0.29) is 36.3 Å². The molecule has 1 aromatic heterocycles. The van der Waals surface area contributed by atoms with Crippen LogP contribution in [0.4, 0.5) is 0 Å². The third-order valence-corrected chi connectivity index (χ3v) is 8.11. The summed E-state index contributed by atoms with van der Waals surface area (Å²) in [6, 6.07) is 23.2. The summed E-state index contributed by atoms with van der Waals surface area (Å²) in [6.07, 6.45) is -0.158. The molecule has 1 aliphatic rings. The van der Waals surface area contributed by atoms with Crippen LogP contribution in [0.15, 0.2) is 72.8 Å². The Morgan fingerprint density at radius 2 is 1.75 bits per heavy atom. The van der Waals surface area contributed by atoms with Gasteiger partial charge in [0.05, 0.1) is 25.4 Å². The highest BCUT2D eigenvalue weighted by Crippen LogP contribution is 2.38. The molecule has 0 unspecified atom stereocenters. The van der Waals surface area contributed by atoms with Gasteiger partial charge in [-0.2, -0.15) is 0 Å². The van der Waals surface area contributed by atoms with Gasteiger partial charge in [-0.3, -0.25) is 9.69 Å². The summed E-state index contributed by atoms with van der Waals surface area (Å²) in [5.41, 5.74) is 5.66. The topological polar surface area (TPSA) is 78.2 Å². The normalized spacial score (nSPS) is 18.9. The van der Waals surface area contributed by atoms with Crippen molar-refractivity contribution in [2.24, 2.45) is 13.0 Å². The van der Waals surface area contributed by atoms with Crippen molar-refractivity contribution in [2.75, 3.05) is 26.7 Å². The number of nitrogens with zero attached hydrogens (tertiary/aromatic N) is 3. The molecule has 40 heavy (non-hydrogen) atoms. The van der Waals surface area contributed by atoms with E-state index in [4.69, 9.17) is 4.74 Å². The molecule has 0 spiro atoms. The first kappa shape index (κ1) is 27.9. The maximum absolute atomic E-state index is 14.4. The number of rotatable bonds is 6. The first-order chi connectivity index (χ1) is 19.3. The number of phenolic OH excluding ortho intramolecular Hbond substituents is 1. The minimum atomic E-state index is -0.354. The third-order valence-electron chi connectivity index (χ3n) is 8.11. The van der Waals surface area contributed by atoms with Crippen LogP contribution in [-0.2, 0) is 24.9 Å². The lowest BCUT2D eigenvalue weighted by atomic mass is 9.96. The average molecular weight is 542 g/mol. The third kappa shape index (κ3) is 5.50. The molecule has 0 bridgehead atoms. The Labute approximate surface area is 236 Å². The largest absolute Gasteiger partial charge is 0.508 e. The van der Waals surface area contributed by atoms with Crippen LogP contribution in [0.3, 0.4) is 0 Å². The van der Waals surface area contributed by atoms with Gasteiger partial charge in [0.25, 0.3) is 5.91 Å². The number of aliphatic hydroxyl groups is 1. The summed E-state index contributed by atoms with van der Waals surface area (Å²) < 4.78 is 8.68. The van der Waals surface area contributed by atoms with Gasteiger partial charge in [0.2, 0.25) is 0 Å². The highest BCUT2D eigenvalue weighted by atomic mass is 16.5. The van der Waals surface area contributed by atoms with Gasteiger partial charge >= 0.3 is 0 Å². The lowest BCUT2D eigenvalue weighted by molar-refractivity contribution is -0.0242. The smallest absolute Gasteiger partial charge is 0.271 e. The molecule has 0 radical (unpaired) electrons. The van der Waals surface area contributed by atoms with Crippen molar-refractivity contribution < 1.29 is 19.7 Å². The maximum atomic E-state index is 14.4. The molecule has 0 saturated carbocycles. The zero-order valence-electron chi connectivity index (χ0n) is 23.7. The Bertz CT molecular complexity index is 1480. The molecule has 1 aliphatic heterocycles. The summed E-state index contributed by atoms with van der Waals surface area (Å²) in [7, 11) is 4.01. The molecule has 3 aromatic carbocycles. The van der Waals surface area contributed by atoms with Gasteiger partial charge in [-0.25, -0.2) is 0 Å². The molecule has 1 amide bonds. The molecular weight excluding hydrogens is 502 g/mol. The fourth-order valence-electron chi connectivity index (χ4n) is 5.81. The maximum Gasteiger partial charge on any atom is 0.271 e. The number of aromatic nitrogens is 1. The Morgan fingerprint density at radius 1 is 1.05 bits per heavy atom. The molecule has 0 aliphatic carbocycles. The number of aliphatic hydroxyl groups excluding tert-OH is 1. The Morgan fingerprint density at radius 3 is 2.50 bits per heavy atom. The number of hydrogen-bond donors (Lipinski definition) is 2. The average Bonchev–Trinajstić information content (AvgIpc) is 3.25. The molecule has 210 valence electrons. The quantitative estimate of drug-likeness (QED) is 0.358. The lowest BCUT2D eigenvalue weighted by Gasteiger charge is -2.35. The Hall–Kier alpha value is -3.65. The lowest BCUT2D eigenvalue weighted by Crippen LogP contribution is -2.47. The molecule has 0 saturated heterocycles. The number of benzene rings is 3. The number of para-hydroxylation sites is 1. The van der Waals surface area contributed by atoms with E-state index in [1.54, 1.807) is 12.1 Å². The Kier molecular flexibility index (Phi) is 8.26.